The number of allylic oxidation sites excluding steroid dienone is 2. The van der Waals surface area contributed by atoms with Gasteiger partial charge in [-0.15, -0.1) is 0 Å². The Labute approximate surface area is 113 Å². The molecule has 0 spiro atoms. The van der Waals surface area contributed by atoms with Gasteiger partial charge in [-0.2, -0.15) is 0 Å². The van der Waals surface area contributed by atoms with Crippen LogP contribution in [-0.4, -0.2) is 11.1 Å². The van der Waals surface area contributed by atoms with Gasteiger partial charge in [-0.05, 0) is 30.9 Å². The molecule has 0 heterocycles. The van der Waals surface area contributed by atoms with Crippen LogP contribution >= 0.6 is 23.2 Å². The summed E-state index contributed by atoms with van der Waals surface area (Å²) < 4.78 is 0. The molecule has 0 saturated heterocycles. The van der Waals surface area contributed by atoms with Crippen molar-refractivity contribution in [3.63, 3.8) is 0 Å². The summed E-state index contributed by atoms with van der Waals surface area (Å²) in [4.78, 5) is 10.3. The predicted octanol–water partition coefficient (Wildman–Crippen LogP) is 5.07. The van der Waals surface area contributed by atoms with Gasteiger partial charge in [0.05, 0.1) is 0 Å². The van der Waals surface area contributed by atoms with Crippen LogP contribution in [0.5, 0.6) is 0 Å². The maximum Gasteiger partial charge on any atom is 0.303 e. The second-order valence-corrected chi connectivity index (χ2v) is 4.46. The van der Waals surface area contributed by atoms with Gasteiger partial charge in [-0.1, -0.05) is 48.9 Å². The van der Waals surface area contributed by atoms with Crippen LogP contribution < -0.4 is 0 Å². The minimum absolute atomic E-state index is 0.291. The number of rotatable bonds is 10. The van der Waals surface area contributed by atoms with Gasteiger partial charge in [0.2, 0.25) is 0 Å². The van der Waals surface area contributed by atoms with Gasteiger partial charge < -0.3 is 5.11 Å². The Balaban J connectivity index is 3.31. The molecule has 0 atom stereocenters. The average Bonchev–Trinajstić information content (AvgIpc) is 2.30. The lowest BCUT2D eigenvalue weighted by molar-refractivity contribution is -0.137. The van der Waals surface area contributed by atoms with E-state index in [9.17, 15) is 4.79 Å². The normalized spacial score (nSPS) is 12.2. The first kappa shape index (κ1) is 16.5. The van der Waals surface area contributed by atoms with Gasteiger partial charge in [0.1, 0.15) is 0 Å². The topological polar surface area (TPSA) is 37.3 Å². The summed E-state index contributed by atoms with van der Waals surface area (Å²) in [5, 5.41) is 8.46. The molecule has 0 fully saturated rings. The predicted molar refractivity (Wildman–Crippen MR) is 73.5 cm³/mol. The first-order chi connectivity index (χ1) is 8.20. The van der Waals surface area contributed by atoms with E-state index in [0.717, 1.165) is 50.5 Å². The summed E-state index contributed by atoms with van der Waals surface area (Å²) >= 11 is 11.1. The molecule has 0 aliphatic rings. The zero-order valence-electron chi connectivity index (χ0n) is 10.0. The van der Waals surface area contributed by atoms with Crippen LogP contribution in [0.1, 0.15) is 51.4 Å². The van der Waals surface area contributed by atoms with Crippen LogP contribution in [-0.2, 0) is 4.79 Å². The zero-order valence-corrected chi connectivity index (χ0v) is 11.5. The lowest BCUT2D eigenvalue weighted by Crippen LogP contribution is -1.93. The summed E-state index contributed by atoms with van der Waals surface area (Å²) in [6.45, 7) is 0. The molecule has 17 heavy (non-hydrogen) atoms. The van der Waals surface area contributed by atoms with Crippen LogP contribution in [0.2, 0.25) is 0 Å². The summed E-state index contributed by atoms with van der Waals surface area (Å²) in [6, 6.07) is 0. The SMILES string of the molecule is O=C(O)CCCCCCCCC(C=CCl)=CCl. The van der Waals surface area contributed by atoms with Crippen molar-refractivity contribution in [1.29, 1.82) is 0 Å². The maximum absolute atomic E-state index is 10.3. The summed E-state index contributed by atoms with van der Waals surface area (Å²) in [7, 11) is 0. The molecule has 0 aliphatic carbocycles. The van der Waals surface area contributed by atoms with Crippen molar-refractivity contribution in [2.24, 2.45) is 0 Å². The molecule has 0 saturated carbocycles. The molecule has 0 aromatic heterocycles. The van der Waals surface area contributed by atoms with E-state index in [4.69, 9.17) is 28.3 Å². The molecule has 0 rings (SSSR count). The number of aliphatic carboxylic acids is 1. The van der Waals surface area contributed by atoms with E-state index in [-0.39, 0.29) is 0 Å². The highest BCUT2D eigenvalue weighted by atomic mass is 35.5. The first-order valence-corrected chi connectivity index (χ1v) is 6.85. The first-order valence-electron chi connectivity index (χ1n) is 5.98. The Morgan fingerprint density at radius 1 is 0.941 bits per heavy atom. The molecule has 0 aromatic carbocycles. The zero-order chi connectivity index (χ0) is 12.9. The number of unbranched alkanes of at least 4 members (excludes halogenated alkanes) is 5. The van der Waals surface area contributed by atoms with Gasteiger partial charge in [0, 0.05) is 17.5 Å². The van der Waals surface area contributed by atoms with Crippen LogP contribution in [0.25, 0.3) is 0 Å². The standard InChI is InChI=1S/C13H20Cl2O2/c14-10-9-12(11-15)7-5-3-1-2-4-6-8-13(16)17/h9-11H,1-8H2,(H,16,17). The fourth-order valence-electron chi connectivity index (χ4n) is 1.57. The van der Waals surface area contributed by atoms with Gasteiger partial charge in [0.15, 0.2) is 0 Å². The molecule has 4 heteroatoms. The molecule has 0 unspecified atom stereocenters. The summed E-state index contributed by atoms with van der Waals surface area (Å²) in [5.41, 5.74) is 4.08. The van der Waals surface area contributed by atoms with Crippen LogP contribution in [0.3, 0.4) is 0 Å². The second-order valence-electron chi connectivity index (χ2n) is 3.99. The minimum atomic E-state index is -0.699. The van der Waals surface area contributed by atoms with Crippen molar-refractivity contribution in [3.8, 4) is 0 Å². The van der Waals surface area contributed by atoms with Crippen LogP contribution in [0, 0.1) is 0 Å². The number of halogens is 2. The van der Waals surface area contributed by atoms with Crippen molar-refractivity contribution in [2.45, 2.75) is 51.4 Å². The van der Waals surface area contributed by atoms with Crippen molar-refractivity contribution in [1.82, 2.24) is 0 Å². The highest BCUT2D eigenvalue weighted by Gasteiger charge is 1.97. The summed E-state index contributed by atoms with van der Waals surface area (Å²) in [6.07, 6.45) is 9.35. The molecule has 0 aromatic rings. The van der Waals surface area contributed by atoms with E-state index in [1.54, 1.807) is 11.6 Å². The Morgan fingerprint density at radius 2 is 1.47 bits per heavy atom. The van der Waals surface area contributed by atoms with Gasteiger partial charge in [0.25, 0.3) is 0 Å². The third kappa shape index (κ3) is 11.8. The number of carbonyl (C=O) groups is 1. The molecule has 98 valence electrons. The van der Waals surface area contributed by atoms with E-state index in [0.29, 0.717) is 6.42 Å². The fraction of sp³-hybridized carbons (Fsp3) is 0.615. The van der Waals surface area contributed by atoms with Crippen molar-refractivity contribution < 1.29 is 9.90 Å². The van der Waals surface area contributed by atoms with E-state index in [1.807, 2.05) is 0 Å². The molecular weight excluding hydrogens is 259 g/mol. The van der Waals surface area contributed by atoms with Crippen molar-refractivity contribution in [3.05, 3.63) is 22.7 Å². The quantitative estimate of drug-likeness (QED) is 0.448. The number of hydrogen-bond acceptors (Lipinski definition) is 1. The van der Waals surface area contributed by atoms with E-state index in [1.165, 1.54) is 5.54 Å². The van der Waals surface area contributed by atoms with Crippen molar-refractivity contribution in [2.75, 3.05) is 0 Å². The van der Waals surface area contributed by atoms with E-state index in [2.05, 4.69) is 0 Å². The number of carboxylic acids is 1. The lowest BCUT2D eigenvalue weighted by atomic mass is 10.1. The van der Waals surface area contributed by atoms with Crippen molar-refractivity contribution >= 4 is 29.2 Å². The maximum atomic E-state index is 10.3. The molecule has 1 N–H and O–H groups in total. The highest BCUT2D eigenvalue weighted by molar-refractivity contribution is 6.27. The number of carboxylic acid groups (broad SMARTS) is 1. The largest absolute Gasteiger partial charge is 0.481 e. The molecule has 0 aliphatic heterocycles. The monoisotopic (exact) mass is 278 g/mol. The van der Waals surface area contributed by atoms with Gasteiger partial charge in [-0.3, -0.25) is 4.79 Å². The van der Waals surface area contributed by atoms with Crippen LogP contribution in [0.15, 0.2) is 22.7 Å². The van der Waals surface area contributed by atoms with E-state index < -0.39 is 5.97 Å². The Bertz CT molecular complexity index is 260. The third-order valence-electron chi connectivity index (χ3n) is 2.52. The second kappa shape index (κ2) is 12.0. The minimum Gasteiger partial charge on any atom is -0.481 e. The van der Waals surface area contributed by atoms with E-state index >= 15 is 0 Å². The molecule has 0 amide bonds. The average molecular weight is 279 g/mol. The molecule has 0 radical (unpaired) electrons. The Hall–Kier alpha value is -0.470. The van der Waals surface area contributed by atoms with Gasteiger partial charge >= 0.3 is 5.97 Å². The molecule has 2 nitrogen and oxygen atoms in total. The fourth-order valence-corrected chi connectivity index (χ4v) is 1.91. The Kier molecular flexibility index (Phi) is 11.7. The summed E-state index contributed by atoms with van der Waals surface area (Å²) in [5.74, 6) is -0.699. The lowest BCUT2D eigenvalue weighted by Gasteiger charge is -2.02. The van der Waals surface area contributed by atoms with Crippen LogP contribution in [0.4, 0.5) is 0 Å². The smallest absolute Gasteiger partial charge is 0.303 e. The third-order valence-corrected chi connectivity index (χ3v) is 2.93. The highest BCUT2D eigenvalue weighted by Crippen LogP contribution is 2.14. The van der Waals surface area contributed by atoms with Gasteiger partial charge in [-0.25, -0.2) is 0 Å². The number of hydrogen-bond donors (Lipinski definition) is 1. The molecule has 0 bridgehead atoms. The Morgan fingerprint density at radius 3 is 1.94 bits per heavy atom. The molecular formula is C13H20Cl2O2.